The van der Waals surface area contributed by atoms with E-state index in [0.717, 1.165) is 15.8 Å². The molecule has 1 aliphatic rings. The fraction of sp³-hybridized carbons (Fsp3) is 0.250. The lowest BCUT2D eigenvalue weighted by atomic mass is 10.1. The zero-order valence-corrected chi connectivity index (χ0v) is 16.3. The van der Waals surface area contributed by atoms with Crippen LogP contribution in [0.15, 0.2) is 42.5 Å². The molecule has 0 aliphatic carbocycles. The molecular weight excluding hydrogens is 382 g/mol. The molecular formula is C20H18ClN3O2S. The van der Waals surface area contributed by atoms with E-state index in [9.17, 15) is 9.59 Å². The van der Waals surface area contributed by atoms with Crippen LogP contribution in [0.4, 0.5) is 5.13 Å². The number of hydrogen-bond acceptors (Lipinski definition) is 4. The van der Waals surface area contributed by atoms with Crippen molar-refractivity contribution in [1.29, 1.82) is 0 Å². The van der Waals surface area contributed by atoms with E-state index >= 15 is 0 Å². The topological polar surface area (TPSA) is 62.3 Å². The number of likely N-dealkylation sites (tertiary alicyclic amines) is 1. The van der Waals surface area contributed by atoms with Crippen LogP contribution in [-0.2, 0) is 16.1 Å². The Morgan fingerprint density at radius 3 is 2.85 bits per heavy atom. The maximum Gasteiger partial charge on any atom is 0.231 e. The third kappa shape index (κ3) is 3.96. The molecule has 0 saturated carbocycles. The average Bonchev–Trinajstić information content (AvgIpc) is 3.19. The molecule has 5 nitrogen and oxygen atoms in total. The molecule has 7 heteroatoms. The van der Waals surface area contributed by atoms with Crippen molar-refractivity contribution in [2.24, 2.45) is 5.92 Å². The van der Waals surface area contributed by atoms with Crippen LogP contribution >= 0.6 is 22.9 Å². The molecule has 2 amide bonds. The van der Waals surface area contributed by atoms with Gasteiger partial charge in [-0.1, -0.05) is 52.8 Å². The number of amides is 2. The van der Waals surface area contributed by atoms with Crippen LogP contribution in [0.25, 0.3) is 10.2 Å². The fourth-order valence-electron chi connectivity index (χ4n) is 3.17. The van der Waals surface area contributed by atoms with Crippen LogP contribution in [0.2, 0.25) is 5.02 Å². The van der Waals surface area contributed by atoms with Gasteiger partial charge in [0.25, 0.3) is 0 Å². The Morgan fingerprint density at radius 2 is 2.07 bits per heavy atom. The highest BCUT2D eigenvalue weighted by atomic mass is 35.5. The van der Waals surface area contributed by atoms with E-state index in [-0.39, 0.29) is 24.2 Å². The molecule has 1 saturated heterocycles. The number of carbonyl (C=O) groups is 2. The van der Waals surface area contributed by atoms with Crippen molar-refractivity contribution in [3.8, 4) is 0 Å². The number of hydrogen-bond donors (Lipinski definition) is 1. The number of thiazole rings is 1. The van der Waals surface area contributed by atoms with Gasteiger partial charge in [0.05, 0.1) is 16.1 Å². The fourth-order valence-corrected chi connectivity index (χ4v) is 4.32. The Balaban J connectivity index is 1.41. The van der Waals surface area contributed by atoms with E-state index in [1.54, 1.807) is 11.0 Å². The van der Waals surface area contributed by atoms with E-state index in [1.165, 1.54) is 16.9 Å². The van der Waals surface area contributed by atoms with Crippen LogP contribution in [0.5, 0.6) is 0 Å². The van der Waals surface area contributed by atoms with Crippen molar-refractivity contribution in [3.63, 3.8) is 0 Å². The van der Waals surface area contributed by atoms with Crippen LogP contribution in [0, 0.1) is 12.8 Å². The van der Waals surface area contributed by atoms with Gasteiger partial charge in [-0.05, 0) is 30.7 Å². The molecule has 27 heavy (non-hydrogen) atoms. The Morgan fingerprint density at radius 1 is 1.30 bits per heavy atom. The Kier molecular flexibility index (Phi) is 4.85. The van der Waals surface area contributed by atoms with Crippen LogP contribution < -0.4 is 5.32 Å². The lowest BCUT2D eigenvalue weighted by Gasteiger charge is -2.16. The molecule has 0 bridgehead atoms. The third-order valence-corrected chi connectivity index (χ3v) is 5.83. The molecule has 4 rings (SSSR count). The SMILES string of the molecule is Cc1ccc(CN2C[C@@H](C(=O)Nc3nc4ccc(Cl)cc4s3)CC2=O)cc1. The molecule has 1 atom stereocenters. The molecule has 1 N–H and O–H groups in total. The van der Waals surface area contributed by atoms with Gasteiger partial charge in [-0.2, -0.15) is 0 Å². The molecule has 3 aromatic rings. The lowest BCUT2D eigenvalue weighted by Crippen LogP contribution is -2.28. The van der Waals surface area contributed by atoms with Crippen molar-refractivity contribution in [2.75, 3.05) is 11.9 Å². The number of aryl methyl sites for hydroxylation is 1. The number of halogens is 1. The Labute approximate surface area is 166 Å². The van der Waals surface area contributed by atoms with Crippen LogP contribution in [-0.4, -0.2) is 28.2 Å². The molecule has 2 aromatic carbocycles. The maximum absolute atomic E-state index is 12.6. The number of nitrogens with one attached hydrogen (secondary N) is 1. The summed E-state index contributed by atoms with van der Waals surface area (Å²) in [6.07, 6.45) is 0.231. The summed E-state index contributed by atoms with van der Waals surface area (Å²) in [5.74, 6) is -0.523. The summed E-state index contributed by atoms with van der Waals surface area (Å²) >= 11 is 7.37. The van der Waals surface area contributed by atoms with E-state index < -0.39 is 0 Å². The van der Waals surface area contributed by atoms with E-state index in [2.05, 4.69) is 10.3 Å². The molecule has 0 radical (unpaired) electrons. The summed E-state index contributed by atoms with van der Waals surface area (Å²) in [6.45, 7) is 2.99. The Bertz CT molecular complexity index is 1020. The molecule has 1 fully saturated rings. The maximum atomic E-state index is 12.6. The normalized spacial score (nSPS) is 16.9. The lowest BCUT2D eigenvalue weighted by molar-refractivity contribution is -0.128. The molecule has 1 aliphatic heterocycles. The highest BCUT2D eigenvalue weighted by molar-refractivity contribution is 7.22. The van der Waals surface area contributed by atoms with Gasteiger partial charge in [0.2, 0.25) is 11.8 Å². The average molecular weight is 400 g/mol. The zero-order valence-electron chi connectivity index (χ0n) is 14.7. The largest absolute Gasteiger partial charge is 0.338 e. The molecule has 0 spiro atoms. The van der Waals surface area contributed by atoms with Crippen molar-refractivity contribution in [3.05, 3.63) is 58.6 Å². The first kappa shape index (κ1) is 17.9. The van der Waals surface area contributed by atoms with Crippen molar-refractivity contribution >= 4 is 50.1 Å². The monoisotopic (exact) mass is 399 g/mol. The number of fused-ring (bicyclic) bond motifs is 1. The highest BCUT2D eigenvalue weighted by Gasteiger charge is 2.34. The first-order chi connectivity index (χ1) is 13.0. The second-order valence-corrected chi connectivity index (χ2v) is 8.25. The van der Waals surface area contributed by atoms with Gasteiger partial charge < -0.3 is 10.2 Å². The molecule has 138 valence electrons. The van der Waals surface area contributed by atoms with Gasteiger partial charge in [0, 0.05) is 24.5 Å². The van der Waals surface area contributed by atoms with Gasteiger partial charge in [0.1, 0.15) is 0 Å². The van der Waals surface area contributed by atoms with Crippen LogP contribution in [0.1, 0.15) is 17.5 Å². The Hall–Kier alpha value is -2.44. The van der Waals surface area contributed by atoms with Gasteiger partial charge in [-0.3, -0.25) is 9.59 Å². The quantitative estimate of drug-likeness (QED) is 0.713. The van der Waals surface area contributed by atoms with Gasteiger partial charge in [-0.15, -0.1) is 0 Å². The first-order valence-corrected chi connectivity index (χ1v) is 9.87. The van der Waals surface area contributed by atoms with E-state index in [4.69, 9.17) is 11.6 Å². The standard InChI is InChI=1S/C20H18ClN3O2S/c1-12-2-4-13(5-3-12)10-24-11-14(8-18(24)25)19(26)23-20-22-16-7-6-15(21)9-17(16)27-20/h2-7,9,14H,8,10-11H2,1H3,(H,22,23,26)/t14-/m0/s1. The second kappa shape index (κ2) is 7.29. The smallest absolute Gasteiger partial charge is 0.231 e. The number of rotatable bonds is 4. The second-order valence-electron chi connectivity index (χ2n) is 6.78. The number of anilines is 1. The summed E-state index contributed by atoms with van der Waals surface area (Å²) < 4.78 is 0.918. The first-order valence-electron chi connectivity index (χ1n) is 8.68. The molecule has 0 unspecified atom stereocenters. The summed E-state index contributed by atoms with van der Waals surface area (Å²) in [5.41, 5.74) is 3.04. The molecule has 1 aromatic heterocycles. The minimum atomic E-state index is -0.362. The third-order valence-electron chi connectivity index (χ3n) is 4.66. The summed E-state index contributed by atoms with van der Waals surface area (Å²) in [4.78, 5) is 31.1. The van der Waals surface area contributed by atoms with Crippen molar-refractivity contribution in [2.45, 2.75) is 19.9 Å². The van der Waals surface area contributed by atoms with Gasteiger partial charge in [-0.25, -0.2) is 4.98 Å². The summed E-state index contributed by atoms with van der Waals surface area (Å²) in [7, 11) is 0. The number of carbonyl (C=O) groups excluding carboxylic acids is 2. The number of aromatic nitrogens is 1. The highest BCUT2D eigenvalue weighted by Crippen LogP contribution is 2.29. The number of benzene rings is 2. The zero-order chi connectivity index (χ0) is 19.0. The minimum absolute atomic E-state index is 0.00630. The van der Waals surface area contributed by atoms with Gasteiger partial charge in [0.15, 0.2) is 5.13 Å². The van der Waals surface area contributed by atoms with E-state index in [0.29, 0.717) is 23.2 Å². The number of nitrogens with zero attached hydrogens (tertiary/aromatic N) is 2. The van der Waals surface area contributed by atoms with E-state index in [1.807, 2.05) is 43.3 Å². The van der Waals surface area contributed by atoms with Crippen molar-refractivity contribution in [1.82, 2.24) is 9.88 Å². The predicted octanol–water partition coefficient (Wildman–Crippen LogP) is 4.25. The van der Waals surface area contributed by atoms with Crippen LogP contribution in [0.3, 0.4) is 0 Å². The predicted molar refractivity (Wildman–Crippen MR) is 108 cm³/mol. The minimum Gasteiger partial charge on any atom is -0.338 e. The summed E-state index contributed by atoms with van der Waals surface area (Å²) in [5, 5.41) is 4.02. The van der Waals surface area contributed by atoms with Crippen molar-refractivity contribution < 1.29 is 9.59 Å². The van der Waals surface area contributed by atoms with Gasteiger partial charge >= 0.3 is 0 Å². The summed E-state index contributed by atoms with van der Waals surface area (Å²) in [6, 6.07) is 13.5. The molecule has 2 heterocycles.